The van der Waals surface area contributed by atoms with E-state index in [0.29, 0.717) is 11.7 Å². The zero-order valence-corrected chi connectivity index (χ0v) is 13.9. The van der Waals surface area contributed by atoms with Crippen molar-refractivity contribution in [2.75, 3.05) is 0 Å². The molecule has 5 heteroatoms. The fraction of sp³-hybridized carbons (Fsp3) is 0.333. The second-order valence-corrected chi connectivity index (χ2v) is 6.32. The van der Waals surface area contributed by atoms with Gasteiger partial charge in [-0.25, -0.2) is 0 Å². The molecule has 5 nitrogen and oxygen atoms in total. The first-order valence-electron chi connectivity index (χ1n) is 7.88. The maximum absolute atomic E-state index is 12.5. The summed E-state index contributed by atoms with van der Waals surface area (Å²) < 4.78 is 1.89. The number of carbonyl (C=O) groups excluding carboxylic acids is 1. The van der Waals surface area contributed by atoms with Crippen LogP contribution >= 0.6 is 0 Å². The third-order valence-corrected chi connectivity index (χ3v) is 4.02. The first-order valence-corrected chi connectivity index (χ1v) is 7.88. The second-order valence-electron chi connectivity index (χ2n) is 6.32. The van der Waals surface area contributed by atoms with Crippen LogP contribution in [-0.4, -0.2) is 20.7 Å². The quantitative estimate of drug-likeness (QED) is 0.771. The van der Waals surface area contributed by atoms with Gasteiger partial charge in [-0.1, -0.05) is 11.6 Å². The minimum absolute atomic E-state index is 0.0943. The summed E-state index contributed by atoms with van der Waals surface area (Å²) in [5, 5.41) is 8.39. The van der Waals surface area contributed by atoms with E-state index in [4.69, 9.17) is 0 Å². The Bertz CT molecular complexity index is 844. The van der Waals surface area contributed by atoms with Crippen molar-refractivity contribution in [2.24, 2.45) is 0 Å². The molecule has 0 aliphatic rings. The Morgan fingerprint density at radius 1 is 1.26 bits per heavy atom. The standard InChI is InChI=1S/C18H22N4O/c1-11(2)22-10-15(9-19-22)13(4)20-18(23)17-8-14-7-12(3)5-6-16(14)21-17/h5-11,13,21H,1-4H3,(H,20,23). The lowest BCUT2D eigenvalue weighted by molar-refractivity contribution is 0.0935. The Morgan fingerprint density at radius 3 is 2.74 bits per heavy atom. The molecule has 0 saturated heterocycles. The van der Waals surface area contributed by atoms with Crippen LogP contribution in [0.25, 0.3) is 10.9 Å². The summed E-state index contributed by atoms with van der Waals surface area (Å²) in [7, 11) is 0. The van der Waals surface area contributed by atoms with Gasteiger partial charge in [-0.2, -0.15) is 5.10 Å². The van der Waals surface area contributed by atoms with E-state index in [-0.39, 0.29) is 11.9 Å². The topological polar surface area (TPSA) is 62.7 Å². The highest BCUT2D eigenvalue weighted by Crippen LogP contribution is 2.18. The van der Waals surface area contributed by atoms with E-state index in [0.717, 1.165) is 16.5 Å². The Morgan fingerprint density at radius 2 is 2.04 bits per heavy atom. The lowest BCUT2D eigenvalue weighted by Gasteiger charge is -2.11. The van der Waals surface area contributed by atoms with E-state index < -0.39 is 0 Å². The van der Waals surface area contributed by atoms with Crippen molar-refractivity contribution in [3.63, 3.8) is 0 Å². The molecule has 2 aromatic heterocycles. The number of benzene rings is 1. The number of fused-ring (bicyclic) bond motifs is 1. The van der Waals surface area contributed by atoms with Gasteiger partial charge in [0.05, 0.1) is 12.2 Å². The number of aromatic nitrogens is 3. The van der Waals surface area contributed by atoms with Crippen LogP contribution in [-0.2, 0) is 0 Å². The van der Waals surface area contributed by atoms with Crippen molar-refractivity contribution in [1.82, 2.24) is 20.1 Å². The highest BCUT2D eigenvalue weighted by Gasteiger charge is 2.15. The molecule has 0 fully saturated rings. The maximum atomic E-state index is 12.5. The van der Waals surface area contributed by atoms with Gasteiger partial charge in [0.25, 0.3) is 5.91 Å². The number of nitrogens with zero attached hydrogens (tertiary/aromatic N) is 2. The van der Waals surface area contributed by atoms with Gasteiger partial charge in [0, 0.05) is 28.7 Å². The van der Waals surface area contributed by atoms with Crippen LogP contribution in [0.15, 0.2) is 36.7 Å². The summed E-state index contributed by atoms with van der Waals surface area (Å²) in [6, 6.07) is 8.20. The van der Waals surface area contributed by atoms with Crippen molar-refractivity contribution >= 4 is 16.8 Å². The van der Waals surface area contributed by atoms with E-state index in [1.54, 1.807) is 6.20 Å². The molecule has 3 rings (SSSR count). The third-order valence-electron chi connectivity index (χ3n) is 4.02. The SMILES string of the molecule is Cc1ccc2[nH]c(C(=O)NC(C)c3cnn(C(C)C)c3)cc2c1. The van der Waals surface area contributed by atoms with Gasteiger partial charge in [0.1, 0.15) is 5.69 Å². The van der Waals surface area contributed by atoms with Crippen molar-refractivity contribution in [2.45, 2.75) is 39.8 Å². The van der Waals surface area contributed by atoms with Crippen LogP contribution in [0.5, 0.6) is 0 Å². The van der Waals surface area contributed by atoms with Crippen LogP contribution in [0.2, 0.25) is 0 Å². The molecular weight excluding hydrogens is 288 g/mol. The van der Waals surface area contributed by atoms with Gasteiger partial charge in [0.2, 0.25) is 0 Å². The highest BCUT2D eigenvalue weighted by atomic mass is 16.1. The largest absolute Gasteiger partial charge is 0.351 e. The van der Waals surface area contributed by atoms with Gasteiger partial charge < -0.3 is 10.3 Å². The Kier molecular flexibility index (Phi) is 3.94. The van der Waals surface area contributed by atoms with Crippen LogP contribution < -0.4 is 5.32 Å². The Labute approximate surface area is 135 Å². The number of H-pyrrole nitrogens is 1. The first-order chi connectivity index (χ1) is 10.9. The van der Waals surface area contributed by atoms with Gasteiger partial charge in [-0.05, 0) is 45.9 Å². The molecule has 1 amide bonds. The number of nitrogens with one attached hydrogen (secondary N) is 2. The zero-order valence-electron chi connectivity index (χ0n) is 13.9. The number of amides is 1. The Hall–Kier alpha value is -2.56. The molecule has 23 heavy (non-hydrogen) atoms. The summed E-state index contributed by atoms with van der Waals surface area (Å²) in [6.07, 6.45) is 3.78. The monoisotopic (exact) mass is 310 g/mol. The van der Waals surface area contributed by atoms with Gasteiger partial charge >= 0.3 is 0 Å². The predicted octanol–water partition coefficient (Wildman–Crippen LogP) is 3.74. The molecule has 3 aromatic rings. The van der Waals surface area contributed by atoms with Crippen LogP contribution in [0, 0.1) is 6.92 Å². The molecule has 0 spiro atoms. The average Bonchev–Trinajstić information content (AvgIpc) is 3.13. The fourth-order valence-electron chi connectivity index (χ4n) is 2.59. The van der Waals surface area contributed by atoms with Crippen molar-refractivity contribution in [3.8, 4) is 0 Å². The minimum atomic E-state index is -0.108. The third kappa shape index (κ3) is 3.13. The van der Waals surface area contributed by atoms with E-state index in [9.17, 15) is 4.79 Å². The number of carbonyl (C=O) groups is 1. The van der Waals surface area contributed by atoms with E-state index >= 15 is 0 Å². The van der Waals surface area contributed by atoms with Crippen molar-refractivity contribution in [3.05, 3.63) is 53.5 Å². The van der Waals surface area contributed by atoms with Crippen LogP contribution in [0.4, 0.5) is 0 Å². The number of rotatable bonds is 4. The summed E-state index contributed by atoms with van der Waals surface area (Å²) in [5.74, 6) is -0.108. The van der Waals surface area contributed by atoms with Gasteiger partial charge in [-0.15, -0.1) is 0 Å². The number of hydrogen-bond acceptors (Lipinski definition) is 2. The lowest BCUT2D eigenvalue weighted by Crippen LogP contribution is -2.26. The fourth-order valence-corrected chi connectivity index (χ4v) is 2.59. The molecule has 120 valence electrons. The summed E-state index contributed by atoms with van der Waals surface area (Å²) in [5.41, 5.74) is 3.73. The summed E-state index contributed by atoms with van der Waals surface area (Å²) in [4.78, 5) is 15.6. The van der Waals surface area contributed by atoms with Crippen LogP contribution in [0.1, 0.15) is 54.5 Å². The van der Waals surface area contributed by atoms with Crippen molar-refractivity contribution < 1.29 is 4.79 Å². The van der Waals surface area contributed by atoms with Gasteiger partial charge in [0.15, 0.2) is 0 Å². The molecule has 1 atom stereocenters. The van der Waals surface area contributed by atoms with Gasteiger partial charge in [-0.3, -0.25) is 9.48 Å². The normalized spacial score (nSPS) is 12.7. The maximum Gasteiger partial charge on any atom is 0.268 e. The molecule has 1 unspecified atom stereocenters. The van der Waals surface area contributed by atoms with E-state index in [2.05, 4.69) is 35.3 Å². The lowest BCUT2D eigenvalue weighted by atomic mass is 10.1. The van der Waals surface area contributed by atoms with Crippen LogP contribution in [0.3, 0.4) is 0 Å². The smallest absolute Gasteiger partial charge is 0.268 e. The molecule has 2 N–H and O–H groups in total. The minimum Gasteiger partial charge on any atom is -0.351 e. The molecule has 0 bridgehead atoms. The van der Waals surface area contributed by atoms with Crippen molar-refractivity contribution in [1.29, 1.82) is 0 Å². The Balaban J connectivity index is 1.76. The molecular formula is C18H22N4O. The number of aryl methyl sites for hydroxylation is 1. The highest BCUT2D eigenvalue weighted by molar-refractivity contribution is 5.98. The predicted molar refractivity (Wildman–Crippen MR) is 91.5 cm³/mol. The molecule has 0 radical (unpaired) electrons. The molecule has 0 saturated carbocycles. The second kappa shape index (κ2) is 5.91. The number of hydrogen-bond donors (Lipinski definition) is 2. The first kappa shape index (κ1) is 15.3. The summed E-state index contributed by atoms with van der Waals surface area (Å²) >= 11 is 0. The molecule has 0 aliphatic carbocycles. The zero-order chi connectivity index (χ0) is 16.6. The van der Waals surface area contributed by atoms with E-state index in [1.165, 1.54) is 5.56 Å². The number of aromatic amines is 1. The van der Waals surface area contributed by atoms with E-state index in [1.807, 2.05) is 42.9 Å². The molecule has 1 aromatic carbocycles. The molecule has 0 aliphatic heterocycles. The average molecular weight is 310 g/mol. The molecule has 2 heterocycles. The summed E-state index contributed by atoms with van der Waals surface area (Å²) in [6.45, 7) is 8.16.